The van der Waals surface area contributed by atoms with Crippen molar-refractivity contribution >= 4 is 27.5 Å². The van der Waals surface area contributed by atoms with Gasteiger partial charge in [0.2, 0.25) is 0 Å². The lowest BCUT2D eigenvalue weighted by Crippen LogP contribution is -2.03. The van der Waals surface area contributed by atoms with E-state index in [1.807, 2.05) is 0 Å². The van der Waals surface area contributed by atoms with Crippen LogP contribution in [0.25, 0.3) is 5.65 Å². The van der Waals surface area contributed by atoms with Crippen LogP contribution >= 0.6 is 15.9 Å². The van der Waals surface area contributed by atoms with Crippen molar-refractivity contribution in [3.8, 4) is 0 Å². The topological polar surface area (TPSA) is 54.6 Å². The Bertz CT molecular complexity index is 478. The van der Waals surface area contributed by atoms with Gasteiger partial charge in [-0.1, -0.05) is 6.07 Å². The maximum Gasteiger partial charge on any atom is 0.352 e. The van der Waals surface area contributed by atoms with Gasteiger partial charge in [0.05, 0.1) is 0 Å². The van der Waals surface area contributed by atoms with Crippen LogP contribution in [0.2, 0.25) is 0 Å². The van der Waals surface area contributed by atoms with E-state index in [4.69, 9.17) is 5.11 Å². The fraction of sp³-hybridized carbons (Fsp3) is 0. The lowest BCUT2D eigenvalue weighted by molar-refractivity contribution is 0.0689. The van der Waals surface area contributed by atoms with Crippen molar-refractivity contribution in [2.45, 2.75) is 0 Å². The second-order valence-corrected chi connectivity index (χ2v) is 3.32. The minimum atomic E-state index is -0.963. The number of hydrogen-bond donors (Lipinski definition) is 1. The van der Waals surface area contributed by atoms with Gasteiger partial charge in [0.25, 0.3) is 0 Å². The summed E-state index contributed by atoms with van der Waals surface area (Å²) in [7, 11) is 0. The molecule has 5 heteroatoms. The van der Waals surface area contributed by atoms with Crippen LogP contribution in [0.1, 0.15) is 10.5 Å². The second kappa shape index (κ2) is 2.85. The largest absolute Gasteiger partial charge is 0.477 e. The van der Waals surface area contributed by atoms with Crippen molar-refractivity contribution in [1.29, 1.82) is 0 Å². The average Bonchev–Trinajstić information content (AvgIpc) is 2.43. The normalized spacial score (nSPS) is 10.5. The number of halogens is 1. The van der Waals surface area contributed by atoms with E-state index in [-0.39, 0.29) is 5.69 Å². The molecule has 0 aromatic carbocycles. The van der Waals surface area contributed by atoms with E-state index in [0.29, 0.717) is 10.3 Å². The summed E-state index contributed by atoms with van der Waals surface area (Å²) in [5, 5.41) is 8.83. The molecule has 0 fully saturated rings. The van der Waals surface area contributed by atoms with E-state index >= 15 is 0 Å². The summed E-state index contributed by atoms with van der Waals surface area (Å²) < 4.78 is 2.15. The zero-order chi connectivity index (χ0) is 9.42. The van der Waals surface area contributed by atoms with Crippen molar-refractivity contribution < 1.29 is 9.90 Å². The van der Waals surface area contributed by atoms with Gasteiger partial charge in [0.15, 0.2) is 0 Å². The van der Waals surface area contributed by atoms with Gasteiger partial charge in [-0.15, -0.1) is 0 Å². The van der Waals surface area contributed by atoms with Gasteiger partial charge in [0, 0.05) is 6.20 Å². The van der Waals surface area contributed by atoms with Gasteiger partial charge in [-0.25, -0.2) is 9.78 Å². The maximum atomic E-state index is 10.8. The van der Waals surface area contributed by atoms with Gasteiger partial charge in [-0.3, -0.25) is 4.40 Å². The molecule has 66 valence electrons. The third-order valence-electron chi connectivity index (χ3n) is 1.68. The lowest BCUT2D eigenvalue weighted by atomic mass is 10.3. The number of carboxylic acid groups (broad SMARTS) is 1. The highest BCUT2D eigenvalue weighted by Gasteiger charge is 2.08. The summed E-state index contributed by atoms with van der Waals surface area (Å²) in [5.41, 5.74) is 0.822. The van der Waals surface area contributed by atoms with E-state index in [1.165, 1.54) is 10.5 Å². The summed E-state index contributed by atoms with van der Waals surface area (Å²) in [6, 6.07) is 4.94. The van der Waals surface area contributed by atoms with Crippen LogP contribution in [-0.2, 0) is 0 Å². The molecule has 0 saturated carbocycles. The van der Waals surface area contributed by atoms with Crippen LogP contribution in [0.5, 0.6) is 0 Å². The molecule has 0 aliphatic carbocycles. The van der Waals surface area contributed by atoms with Crippen LogP contribution in [0, 0.1) is 0 Å². The molecule has 1 N–H and O–H groups in total. The highest BCUT2D eigenvalue weighted by molar-refractivity contribution is 9.10. The molecule has 2 rings (SSSR count). The Morgan fingerprint density at radius 2 is 2.31 bits per heavy atom. The standard InChI is InChI=1S/C8H5BrN2O2/c9-6-4-11-5(8(12)13)2-1-3-7(11)10-6/h1-4H,(H,12,13). The van der Waals surface area contributed by atoms with E-state index in [9.17, 15) is 4.79 Å². The molecule has 0 aliphatic heterocycles. The molecule has 13 heavy (non-hydrogen) atoms. The fourth-order valence-corrected chi connectivity index (χ4v) is 1.54. The Morgan fingerprint density at radius 1 is 1.54 bits per heavy atom. The molecule has 0 aliphatic rings. The molecule has 0 unspecified atom stereocenters. The Labute approximate surface area is 82.0 Å². The van der Waals surface area contributed by atoms with E-state index < -0.39 is 5.97 Å². The van der Waals surface area contributed by atoms with Crippen molar-refractivity contribution in [2.75, 3.05) is 0 Å². The highest BCUT2D eigenvalue weighted by Crippen LogP contribution is 2.12. The third-order valence-corrected chi connectivity index (χ3v) is 2.06. The number of aromatic nitrogens is 2. The minimum absolute atomic E-state index is 0.204. The lowest BCUT2D eigenvalue weighted by Gasteiger charge is -1.97. The Balaban J connectivity index is 2.82. The van der Waals surface area contributed by atoms with E-state index in [1.54, 1.807) is 18.3 Å². The molecule has 2 aromatic heterocycles. The molecule has 0 atom stereocenters. The molecule has 2 heterocycles. The van der Waals surface area contributed by atoms with Crippen LogP contribution in [0.3, 0.4) is 0 Å². The molecule has 0 bridgehead atoms. The first-order valence-electron chi connectivity index (χ1n) is 3.55. The summed E-state index contributed by atoms with van der Waals surface area (Å²) in [6.07, 6.45) is 1.62. The van der Waals surface area contributed by atoms with Crippen molar-refractivity contribution in [3.05, 3.63) is 34.7 Å². The van der Waals surface area contributed by atoms with Gasteiger partial charge in [0.1, 0.15) is 15.9 Å². The number of pyridine rings is 1. The molecular weight excluding hydrogens is 236 g/mol. The first kappa shape index (κ1) is 8.25. The van der Waals surface area contributed by atoms with E-state index in [0.717, 1.165) is 0 Å². The van der Waals surface area contributed by atoms with Gasteiger partial charge < -0.3 is 5.11 Å². The van der Waals surface area contributed by atoms with Crippen LogP contribution in [0.15, 0.2) is 29.0 Å². The Kier molecular flexibility index (Phi) is 1.81. The van der Waals surface area contributed by atoms with Gasteiger partial charge >= 0.3 is 5.97 Å². The van der Waals surface area contributed by atoms with Gasteiger partial charge in [-0.05, 0) is 28.1 Å². The molecule has 4 nitrogen and oxygen atoms in total. The number of hydrogen-bond acceptors (Lipinski definition) is 2. The summed E-state index contributed by atoms with van der Waals surface area (Å²) in [6.45, 7) is 0. The number of imidazole rings is 1. The number of nitrogens with zero attached hydrogens (tertiary/aromatic N) is 2. The number of rotatable bonds is 1. The number of aromatic carboxylic acids is 1. The zero-order valence-corrected chi connectivity index (χ0v) is 8.02. The van der Waals surface area contributed by atoms with Crippen molar-refractivity contribution in [1.82, 2.24) is 9.38 Å². The fourth-order valence-electron chi connectivity index (χ4n) is 1.16. The molecule has 2 aromatic rings. The first-order chi connectivity index (χ1) is 6.18. The third kappa shape index (κ3) is 1.31. The highest BCUT2D eigenvalue weighted by atomic mass is 79.9. The average molecular weight is 241 g/mol. The summed E-state index contributed by atoms with van der Waals surface area (Å²) in [4.78, 5) is 14.8. The Morgan fingerprint density at radius 3 is 3.00 bits per heavy atom. The molecule has 0 radical (unpaired) electrons. The van der Waals surface area contributed by atoms with Crippen molar-refractivity contribution in [3.63, 3.8) is 0 Å². The predicted octanol–water partition coefficient (Wildman–Crippen LogP) is 1.79. The quantitative estimate of drug-likeness (QED) is 0.828. The zero-order valence-electron chi connectivity index (χ0n) is 6.44. The molecule has 0 amide bonds. The number of fused-ring (bicyclic) bond motifs is 1. The molecule has 0 spiro atoms. The Hall–Kier alpha value is -1.36. The number of carboxylic acids is 1. The summed E-state index contributed by atoms with van der Waals surface area (Å²) in [5.74, 6) is -0.963. The predicted molar refractivity (Wildman–Crippen MR) is 49.9 cm³/mol. The van der Waals surface area contributed by atoms with Crippen molar-refractivity contribution in [2.24, 2.45) is 0 Å². The number of carbonyl (C=O) groups is 1. The minimum Gasteiger partial charge on any atom is -0.477 e. The summed E-state index contributed by atoms with van der Waals surface area (Å²) >= 11 is 3.18. The monoisotopic (exact) mass is 240 g/mol. The van der Waals surface area contributed by atoms with E-state index in [2.05, 4.69) is 20.9 Å². The maximum absolute atomic E-state index is 10.8. The molecule has 0 saturated heterocycles. The smallest absolute Gasteiger partial charge is 0.352 e. The first-order valence-corrected chi connectivity index (χ1v) is 4.35. The van der Waals surface area contributed by atoms with Crippen LogP contribution < -0.4 is 0 Å². The van der Waals surface area contributed by atoms with Crippen LogP contribution in [0.4, 0.5) is 0 Å². The SMILES string of the molecule is O=C(O)c1cccc2nc(Br)cn12. The molecular formula is C8H5BrN2O2. The second-order valence-electron chi connectivity index (χ2n) is 2.51. The van der Waals surface area contributed by atoms with Crippen LogP contribution in [-0.4, -0.2) is 20.5 Å². The van der Waals surface area contributed by atoms with Gasteiger partial charge in [-0.2, -0.15) is 0 Å².